The standard InChI is InChI=1S/C25H32N4O3.2C2H6/c1-3-4-5-8-20-16-28(15-19-7-6-9-21(26-19)25(31)32)24(30)23-14-22(27-29(20)23)18-12-10-17(2)11-13-18;2*1-2/h6-7,9-14,20,22,24,27,30H,3-5,8,15-16H2,1-2H3,(H,31,32);2*1-2H3. The number of nitrogens with zero attached hydrogens (tertiary/aromatic N) is 3. The Morgan fingerprint density at radius 2 is 1.78 bits per heavy atom. The lowest BCUT2D eigenvalue weighted by molar-refractivity contribution is -0.0593. The second kappa shape index (κ2) is 14.7. The molecule has 3 heterocycles. The first-order chi connectivity index (χ1) is 17.5. The molecule has 1 fully saturated rings. The first kappa shape index (κ1) is 29.5. The summed E-state index contributed by atoms with van der Waals surface area (Å²) in [6.07, 6.45) is 5.80. The van der Waals surface area contributed by atoms with Crippen LogP contribution in [0, 0.1) is 6.92 Å². The summed E-state index contributed by atoms with van der Waals surface area (Å²) in [5.74, 6) is -1.04. The summed E-state index contributed by atoms with van der Waals surface area (Å²) in [6, 6.07) is 13.7. The molecule has 3 atom stereocenters. The Morgan fingerprint density at radius 1 is 1.08 bits per heavy atom. The van der Waals surface area contributed by atoms with Gasteiger partial charge in [0.25, 0.3) is 0 Å². The number of rotatable bonds is 8. The van der Waals surface area contributed by atoms with Crippen LogP contribution < -0.4 is 5.43 Å². The van der Waals surface area contributed by atoms with Crippen LogP contribution in [0.3, 0.4) is 0 Å². The zero-order valence-corrected chi connectivity index (χ0v) is 22.7. The fraction of sp³-hybridized carbons (Fsp3) is 0.517. The number of aromatic carboxylic acids is 1. The Hall–Kier alpha value is -2.74. The number of aromatic nitrogens is 1. The number of aryl methyl sites for hydroxylation is 1. The molecule has 0 spiro atoms. The van der Waals surface area contributed by atoms with Gasteiger partial charge in [-0.2, -0.15) is 0 Å². The summed E-state index contributed by atoms with van der Waals surface area (Å²) >= 11 is 0. The van der Waals surface area contributed by atoms with Gasteiger partial charge in [0, 0.05) is 13.1 Å². The second-order valence-electron chi connectivity index (χ2n) is 8.75. The number of fused-ring (bicyclic) bond motifs is 1. The van der Waals surface area contributed by atoms with Crippen molar-refractivity contribution in [3.05, 3.63) is 76.8 Å². The second-order valence-corrected chi connectivity index (χ2v) is 8.75. The Labute approximate surface area is 216 Å². The van der Waals surface area contributed by atoms with Crippen molar-refractivity contribution in [2.75, 3.05) is 6.54 Å². The van der Waals surface area contributed by atoms with E-state index in [9.17, 15) is 15.0 Å². The summed E-state index contributed by atoms with van der Waals surface area (Å²) in [7, 11) is 0. The van der Waals surface area contributed by atoms with E-state index in [1.165, 1.54) is 23.6 Å². The van der Waals surface area contributed by atoms with Crippen LogP contribution in [-0.2, 0) is 6.54 Å². The van der Waals surface area contributed by atoms with Gasteiger partial charge in [-0.3, -0.25) is 4.90 Å². The highest BCUT2D eigenvalue weighted by atomic mass is 16.4. The van der Waals surface area contributed by atoms with Gasteiger partial charge in [-0.05, 0) is 37.1 Å². The molecule has 198 valence electrons. The minimum Gasteiger partial charge on any atom is -0.477 e. The summed E-state index contributed by atoms with van der Waals surface area (Å²) in [5.41, 5.74) is 7.52. The first-order valence-corrected chi connectivity index (χ1v) is 13.4. The first-order valence-electron chi connectivity index (χ1n) is 13.4. The largest absolute Gasteiger partial charge is 0.477 e. The molecule has 2 aliphatic heterocycles. The normalized spacial score (nSPS) is 20.9. The zero-order chi connectivity index (χ0) is 26.7. The van der Waals surface area contributed by atoms with Crippen molar-refractivity contribution >= 4 is 5.97 Å². The van der Waals surface area contributed by atoms with Crippen LogP contribution in [0.15, 0.2) is 54.2 Å². The number of hydrogen-bond acceptors (Lipinski definition) is 6. The van der Waals surface area contributed by atoms with E-state index >= 15 is 0 Å². The molecule has 7 heteroatoms. The lowest BCUT2D eigenvalue weighted by atomic mass is 10.0. The van der Waals surface area contributed by atoms with E-state index in [0.29, 0.717) is 18.8 Å². The van der Waals surface area contributed by atoms with Crippen LogP contribution >= 0.6 is 0 Å². The van der Waals surface area contributed by atoms with Gasteiger partial charge in [0.05, 0.1) is 23.5 Å². The lowest BCUT2D eigenvalue weighted by Crippen LogP contribution is -2.58. The van der Waals surface area contributed by atoms with Crippen molar-refractivity contribution < 1.29 is 15.0 Å². The number of hydrogen-bond donors (Lipinski definition) is 3. The van der Waals surface area contributed by atoms with E-state index in [4.69, 9.17) is 0 Å². The molecule has 0 amide bonds. The molecule has 2 aliphatic rings. The average Bonchev–Trinajstić information content (AvgIpc) is 3.36. The third kappa shape index (κ3) is 7.38. The fourth-order valence-electron chi connectivity index (χ4n) is 4.52. The van der Waals surface area contributed by atoms with E-state index < -0.39 is 12.2 Å². The van der Waals surface area contributed by atoms with E-state index in [1.54, 1.807) is 6.07 Å². The lowest BCUT2D eigenvalue weighted by Gasteiger charge is -2.45. The van der Waals surface area contributed by atoms with Gasteiger partial charge >= 0.3 is 5.97 Å². The predicted octanol–water partition coefficient (Wildman–Crippen LogP) is 5.67. The van der Waals surface area contributed by atoms with Crippen LogP contribution in [0.1, 0.15) is 93.7 Å². The number of unbranched alkanes of at least 4 members (excludes halogenated alkanes) is 2. The molecule has 0 radical (unpaired) electrons. The molecule has 36 heavy (non-hydrogen) atoms. The third-order valence-corrected chi connectivity index (χ3v) is 6.28. The maximum absolute atomic E-state index is 11.3. The summed E-state index contributed by atoms with van der Waals surface area (Å²) in [6.45, 7) is 13.3. The highest BCUT2D eigenvalue weighted by Crippen LogP contribution is 2.34. The molecule has 0 bridgehead atoms. The Balaban J connectivity index is 0.00000109. The van der Waals surface area contributed by atoms with Gasteiger partial charge in [-0.1, -0.05) is 89.8 Å². The smallest absolute Gasteiger partial charge is 0.354 e. The molecular formula is C29H44N4O3. The van der Waals surface area contributed by atoms with Gasteiger partial charge < -0.3 is 15.2 Å². The van der Waals surface area contributed by atoms with E-state index in [1.807, 2.05) is 38.7 Å². The molecule has 1 saturated heterocycles. The van der Waals surface area contributed by atoms with Crippen LogP contribution in [0.25, 0.3) is 0 Å². The van der Waals surface area contributed by atoms with Crippen LogP contribution in [-0.4, -0.2) is 49.9 Å². The summed E-state index contributed by atoms with van der Waals surface area (Å²) < 4.78 is 0. The maximum Gasteiger partial charge on any atom is 0.354 e. The van der Waals surface area contributed by atoms with Gasteiger partial charge in [-0.15, -0.1) is 0 Å². The Morgan fingerprint density at radius 3 is 2.42 bits per heavy atom. The predicted molar refractivity (Wildman–Crippen MR) is 145 cm³/mol. The number of hydrazine groups is 1. The quantitative estimate of drug-likeness (QED) is 0.406. The van der Waals surface area contributed by atoms with Crippen molar-refractivity contribution in [3.63, 3.8) is 0 Å². The zero-order valence-electron chi connectivity index (χ0n) is 22.7. The number of aliphatic hydroxyl groups excluding tert-OH is 1. The van der Waals surface area contributed by atoms with Crippen molar-refractivity contribution in [2.24, 2.45) is 0 Å². The fourth-order valence-corrected chi connectivity index (χ4v) is 4.52. The van der Waals surface area contributed by atoms with E-state index in [0.717, 1.165) is 25.0 Å². The number of carboxylic acid groups (broad SMARTS) is 1. The minimum absolute atomic E-state index is 0.0161. The number of pyridine rings is 1. The minimum atomic E-state index is -1.04. The Kier molecular flexibility index (Phi) is 12.1. The number of nitrogens with one attached hydrogen (secondary N) is 1. The van der Waals surface area contributed by atoms with Gasteiger partial charge in [-0.25, -0.2) is 15.2 Å². The monoisotopic (exact) mass is 496 g/mol. The van der Waals surface area contributed by atoms with Crippen LogP contribution in [0.2, 0.25) is 0 Å². The number of benzene rings is 1. The SMILES string of the molecule is CC.CC.CCCCCC1CN(Cc2cccc(C(=O)O)n2)C(O)C2=CC(c3ccc(C)cc3)NN21. The van der Waals surface area contributed by atoms with E-state index in [2.05, 4.69) is 59.6 Å². The highest BCUT2D eigenvalue weighted by Gasteiger charge is 2.40. The van der Waals surface area contributed by atoms with Crippen molar-refractivity contribution in [1.29, 1.82) is 0 Å². The van der Waals surface area contributed by atoms with Crippen molar-refractivity contribution in [2.45, 2.75) is 92.1 Å². The summed E-state index contributed by atoms with van der Waals surface area (Å²) in [5, 5.41) is 22.6. The molecule has 0 saturated carbocycles. The van der Waals surface area contributed by atoms with Gasteiger partial charge in [0.15, 0.2) is 0 Å². The molecule has 0 aliphatic carbocycles. The summed E-state index contributed by atoms with van der Waals surface area (Å²) in [4.78, 5) is 17.5. The van der Waals surface area contributed by atoms with Gasteiger partial charge in [0.1, 0.15) is 11.9 Å². The Bertz CT molecular complexity index is 977. The number of carbonyl (C=O) groups is 1. The molecule has 4 rings (SSSR count). The topological polar surface area (TPSA) is 88.9 Å². The van der Waals surface area contributed by atoms with Crippen molar-refractivity contribution in [3.8, 4) is 0 Å². The molecule has 3 unspecified atom stereocenters. The van der Waals surface area contributed by atoms with E-state index in [-0.39, 0.29) is 17.8 Å². The molecule has 2 aromatic rings. The van der Waals surface area contributed by atoms with Crippen molar-refractivity contribution in [1.82, 2.24) is 20.3 Å². The molecule has 7 nitrogen and oxygen atoms in total. The number of carboxylic acids is 1. The average molecular weight is 497 g/mol. The molecule has 1 aromatic heterocycles. The van der Waals surface area contributed by atoms with Crippen LogP contribution in [0.4, 0.5) is 0 Å². The van der Waals surface area contributed by atoms with Gasteiger partial charge in [0.2, 0.25) is 0 Å². The highest BCUT2D eigenvalue weighted by molar-refractivity contribution is 5.85. The van der Waals surface area contributed by atoms with Crippen LogP contribution in [0.5, 0.6) is 0 Å². The number of piperazine rings is 1. The molecular weight excluding hydrogens is 452 g/mol. The number of aliphatic hydroxyl groups is 1. The third-order valence-electron chi connectivity index (χ3n) is 6.28. The maximum atomic E-state index is 11.3. The molecule has 3 N–H and O–H groups in total. The molecule has 1 aromatic carbocycles.